The van der Waals surface area contributed by atoms with Gasteiger partial charge in [-0.05, 0) is 0 Å². The van der Waals surface area contributed by atoms with Gasteiger partial charge >= 0.3 is 212 Å². The summed E-state index contributed by atoms with van der Waals surface area (Å²) in [7, 11) is 0. The second-order valence-electron chi connectivity index (χ2n) is 9.48. The van der Waals surface area contributed by atoms with Gasteiger partial charge in [-0.2, -0.15) is 0 Å². The molecule has 0 atom stereocenters. The zero-order valence-electron chi connectivity index (χ0n) is 20.5. The summed E-state index contributed by atoms with van der Waals surface area (Å²) < 4.78 is 2.33. The molecule has 0 aliphatic heterocycles. The molecule has 0 radical (unpaired) electrons. The maximum absolute atomic E-state index is 2.51. The van der Waals surface area contributed by atoms with E-state index in [9.17, 15) is 0 Å². The first-order valence-electron chi connectivity index (χ1n) is 12.1. The summed E-state index contributed by atoms with van der Waals surface area (Å²) in [5.41, 5.74) is 7.80. The first-order chi connectivity index (χ1) is 16.7. The normalized spacial score (nSPS) is 12.7. The zero-order valence-corrected chi connectivity index (χ0v) is 25.5. The van der Waals surface area contributed by atoms with E-state index in [4.69, 9.17) is 0 Å². The van der Waals surface area contributed by atoms with Crippen LogP contribution in [-0.2, 0) is 26.8 Å². The molecule has 0 N–H and O–H groups in total. The second kappa shape index (κ2) is 11.6. The van der Waals surface area contributed by atoms with E-state index in [1.54, 1.807) is 19.2 Å². The van der Waals surface area contributed by atoms with Crippen molar-refractivity contribution in [3.63, 3.8) is 0 Å². The third kappa shape index (κ3) is 5.07. The van der Waals surface area contributed by atoms with Gasteiger partial charge in [0.15, 0.2) is 0 Å². The smallest absolute Gasteiger partial charge is 1.00 e. The van der Waals surface area contributed by atoms with Crippen molar-refractivity contribution < 1.29 is 45.2 Å². The minimum atomic E-state index is -2.29. The van der Waals surface area contributed by atoms with Crippen molar-refractivity contribution in [2.24, 2.45) is 0 Å². The summed E-state index contributed by atoms with van der Waals surface area (Å²) in [6.07, 6.45) is 10.7. The molecule has 0 spiro atoms. The molecule has 0 amide bonds. The Morgan fingerprint density at radius 2 is 1.19 bits per heavy atom. The van der Waals surface area contributed by atoms with Crippen LogP contribution in [0.3, 0.4) is 0 Å². The Hall–Kier alpha value is -1.96. The van der Waals surface area contributed by atoms with Crippen LogP contribution in [0.5, 0.6) is 0 Å². The molecule has 0 heterocycles. The summed E-state index contributed by atoms with van der Waals surface area (Å²) in [6, 6.07) is 35.2. The molecule has 0 saturated heterocycles. The Bertz CT molecular complexity index is 1420. The predicted octanol–water partition coefficient (Wildman–Crippen LogP) is -0.153. The third-order valence-electron chi connectivity index (χ3n) is 7.17. The fraction of sp³-hybridized carbons (Fsp3) is 0.125. The SMILES string of the molecule is Cc1ccc([Si](c2ccc(C)cc2)=[Zr+2]([c]2cccc3c2Cc2ccccc2-3)[CH]2C=CC=C2)cc1.[Cl-].[Cl-]. The van der Waals surface area contributed by atoms with E-state index in [-0.39, 0.29) is 24.8 Å². The monoisotopic (exact) mass is 600 g/mol. The fourth-order valence-corrected chi connectivity index (χ4v) is 26.4. The number of allylic oxidation sites excluding steroid dienone is 4. The molecule has 0 bridgehead atoms. The molecule has 0 aromatic heterocycles. The van der Waals surface area contributed by atoms with Crippen molar-refractivity contribution in [2.45, 2.75) is 23.9 Å². The first-order valence-corrected chi connectivity index (χ1v) is 20.0. The van der Waals surface area contributed by atoms with Crippen LogP contribution in [0.25, 0.3) is 11.1 Å². The summed E-state index contributed by atoms with van der Waals surface area (Å²) in [5.74, 6) is 0. The van der Waals surface area contributed by atoms with Crippen LogP contribution in [0.2, 0.25) is 3.63 Å². The Morgan fingerprint density at radius 1 is 0.639 bits per heavy atom. The Balaban J connectivity index is 0.00000152. The van der Waals surface area contributed by atoms with Crippen LogP contribution in [0.4, 0.5) is 0 Å². The number of fused-ring (bicyclic) bond motifs is 3. The molecule has 4 aromatic carbocycles. The molecule has 2 aliphatic rings. The molecule has 36 heavy (non-hydrogen) atoms. The minimum absolute atomic E-state index is 0. The van der Waals surface area contributed by atoms with Crippen LogP contribution in [0.1, 0.15) is 22.3 Å². The molecular formula is C32H28Cl2SiZr. The van der Waals surface area contributed by atoms with Gasteiger partial charge in [0.25, 0.3) is 0 Å². The van der Waals surface area contributed by atoms with Crippen LogP contribution in [0, 0.1) is 13.8 Å². The summed E-state index contributed by atoms with van der Waals surface area (Å²) in [5, 5.41) is 3.16. The van der Waals surface area contributed by atoms with Gasteiger partial charge in [-0.3, -0.25) is 0 Å². The number of hydrogen-bond acceptors (Lipinski definition) is 0. The van der Waals surface area contributed by atoms with Crippen molar-refractivity contribution in [3.8, 4) is 11.1 Å². The van der Waals surface area contributed by atoms with E-state index in [0.29, 0.717) is 3.63 Å². The van der Waals surface area contributed by atoms with Gasteiger partial charge in [-0.1, -0.05) is 0 Å². The van der Waals surface area contributed by atoms with Crippen molar-refractivity contribution >= 4 is 19.1 Å². The maximum atomic E-state index is 2.51. The molecule has 0 unspecified atom stereocenters. The summed E-state index contributed by atoms with van der Waals surface area (Å²) >= 11 is -2.29. The van der Waals surface area contributed by atoms with Crippen molar-refractivity contribution in [1.29, 1.82) is 0 Å². The number of rotatable bonds is 4. The average Bonchev–Trinajstić information content (AvgIpc) is 3.52. The second-order valence-corrected chi connectivity index (χ2v) is 23.3. The Labute approximate surface area is 235 Å². The van der Waals surface area contributed by atoms with Crippen LogP contribution >= 0.6 is 0 Å². The molecule has 2 aliphatic carbocycles. The van der Waals surface area contributed by atoms with Crippen LogP contribution < -0.4 is 38.5 Å². The minimum Gasteiger partial charge on any atom is -1.00 e. The van der Waals surface area contributed by atoms with E-state index in [0.717, 1.165) is 6.42 Å². The van der Waals surface area contributed by atoms with E-state index in [1.165, 1.54) is 27.8 Å². The van der Waals surface area contributed by atoms with Crippen LogP contribution in [0.15, 0.2) is 115 Å². The Kier molecular flexibility index (Phi) is 8.74. The molecule has 0 nitrogen and oxygen atoms in total. The predicted molar refractivity (Wildman–Crippen MR) is 144 cm³/mol. The van der Waals surface area contributed by atoms with Gasteiger partial charge in [0.05, 0.1) is 0 Å². The van der Waals surface area contributed by atoms with Crippen molar-refractivity contribution in [1.82, 2.24) is 0 Å². The fourth-order valence-electron chi connectivity index (χ4n) is 5.43. The number of hydrogen-bond donors (Lipinski definition) is 0. The average molecular weight is 603 g/mol. The quantitative estimate of drug-likeness (QED) is 0.251. The molecule has 4 heteroatoms. The van der Waals surface area contributed by atoms with E-state index < -0.39 is 25.8 Å². The zero-order chi connectivity index (χ0) is 23.1. The molecule has 178 valence electrons. The standard InChI is InChI=1S/C14H14Si.C13H9.C5H5.2ClH.Zr/c1-11-3-7-13(8-4-11)15-14-9-5-12(2)6-10-14;1-3-7-12-10(5-1)9-11-6-2-4-8-13(11)12;1-2-4-5-3-1;;;/h3-10H,1-2H3;1-5,7-8H,9H2;1-5H;2*1H;/q;;;;;+2/p-2. The van der Waals surface area contributed by atoms with E-state index in [2.05, 4.69) is 129 Å². The molecular weight excluding hydrogens is 575 g/mol. The largest absolute Gasteiger partial charge is 1.00 e. The van der Waals surface area contributed by atoms with Gasteiger partial charge in [0.2, 0.25) is 0 Å². The van der Waals surface area contributed by atoms with Crippen molar-refractivity contribution in [3.05, 3.63) is 138 Å². The number of halogens is 2. The molecule has 4 aromatic rings. The molecule has 0 saturated carbocycles. The van der Waals surface area contributed by atoms with Crippen LogP contribution in [-0.4, -0.2) is 5.43 Å². The maximum Gasteiger partial charge on any atom is -1.00 e. The van der Waals surface area contributed by atoms with E-state index in [1.807, 2.05) is 0 Å². The van der Waals surface area contributed by atoms with Crippen molar-refractivity contribution in [2.75, 3.05) is 0 Å². The van der Waals surface area contributed by atoms with E-state index >= 15 is 0 Å². The van der Waals surface area contributed by atoms with Gasteiger partial charge < -0.3 is 24.8 Å². The first kappa shape index (κ1) is 27.1. The summed E-state index contributed by atoms with van der Waals surface area (Å²) in [4.78, 5) is 0. The number of aryl methyl sites for hydroxylation is 2. The Morgan fingerprint density at radius 3 is 1.81 bits per heavy atom. The topological polar surface area (TPSA) is 0 Å². The van der Waals surface area contributed by atoms with Gasteiger partial charge in [-0.25, -0.2) is 0 Å². The molecule has 6 rings (SSSR count). The van der Waals surface area contributed by atoms with Gasteiger partial charge in [0, 0.05) is 0 Å². The number of benzene rings is 4. The van der Waals surface area contributed by atoms with Gasteiger partial charge in [0.1, 0.15) is 0 Å². The molecule has 0 fully saturated rings. The summed E-state index contributed by atoms with van der Waals surface area (Å²) in [6.45, 7) is 4.40. The van der Waals surface area contributed by atoms with Gasteiger partial charge in [-0.15, -0.1) is 0 Å². The third-order valence-corrected chi connectivity index (χ3v) is 26.5.